The zero-order valence-corrected chi connectivity index (χ0v) is 14.1. The molecule has 0 bridgehead atoms. The van der Waals surface area contributed by atoms with Crippen LogP contribution in [0.2, 0.25) is 0 Å². The number of nitrogens with zero attached hydrogens (tertiary/aromatic N) is 1. The fourth-order valence-electron chi connectivity index (χ4n) is 3.05. The van der Waals surface area contributed by atoms with Crippen LogP contribution in [0.25, 0.3) is 0 Å². The maximum Gasteiger partial charge on any atom is 0.347 e. The van der Waals surface area contributed by atoms with Gasteiger partial charge in [0.05, 0.1) is 17.7 Å². The van der Waals surface area contributed by atoms with Crippen LogP contribution in [0.4, 0.5) is 0 Å². The number of cyclic esters (lactones) is 1. The Morgan fingerprint density at radius 3 is 2.28 bits per heavy atom. The van der Waals surface area contributed by atoms with E-state index in [4.69, 9.17) is 9.47 Å². The van der Waals surface area contributed by atoms with Crippen molar-refractivity contribution in [3.05, 3.63) is 35.4 Å². The molecule has 2 aliphatic heterocycles. The molecule has 1 fully saturated rings. The van der Waals surface area contributed by atoms with E-state index in [-0.39, 0.29) is 36.5 Å². The van der Waals surface area contributed by atoms with Gasteiger partial charge in [0.15, 0.2) is 0 Å². The normalized spacial score (nSPS) is 20.7. The second-order valence-corrected chi connectivity index (χ2v) is 6.55. The van der Waals surface area contributed by atoms with Crippen LogP contribution >= 0.6 is 0 Å². The molecule has 1 aromatic rings. The Bertz CT molecular complexity index is 706. The van der Waals surface area contributed by atoms with Crippen LogP contribution < -0.4 is 0 Å². The number of benzene rings is 1. The molecule has 0 N–H and O–H groups in total. The smallest absolute Gasteiger partial charge is 0.347 e. The Labute approximate surface area is 144 Å². The predicted molar refractivity (Wildman–Crippen MR) is 85.6 cm³/mol. The van der Waals surface area contributed by atoms with E-state index >= 15 is 0 Å². The van der Waals surface area contributed by atoms with Crippen molar-refractivity contribution in [1.29, 1.82) is 0 Å². The molecule has 0 aliphatic carbocycles. The number of imide groups is 1. The number of rotatable bonds is 5. The van der Waals surface area contributed by atoms with Gasteiger partial charge in [0, 0.05) is 6.42 Å². The molecule has 132 valence electrons. The summed E-state index contributed by atoms with van der Waals surface area (Å²) in [5, 5.41) is 0. The Hall–Kier alpha value is -2.70. The lowest BCUT2D eigenvalue weighted by Gasteiger charge is -2.26. The maximum atomic E-state index is 12.6. The van der Waals surface area contributed by atoms with Crippen LogP contribution in [0.1, 0.15) is 47.4 Å². The third-order valence-electron chi connectivity index (χ3n) is 4.25. The summed E-state index contributed by atoms with van der Waals surface area (Å²) < 4.78 is 10.0. The van der Waals surface area contributed by atoms with Crippen molar-refractivity contribution in [2.75, 3.05) is 6.61 Å². The number of hydrogen-bond donors (Lipinski definition) is 0. The van der Waals surface area contributed by atoms with E-state index in [1.165, 1.54) is 0 Å². The van der Waals surface area contributed by atoms with E-state index in [0.717, 1.165) is 4.90 Å². The van der Waals surface area contributed by atoms with Gasteiger partial charge in [-0.3, -0.25) is 14.5 Å². The molecule has 2 atom stereocenters. The zero-order chi connectivity index (χ0) is 18.1. The van der Waals surface area contributed by atoms with Gasteiger partial charge in [0.1, 0.15) is 6.04 Å². The molecule has 2 heterocycles. The SMILES string of the molecule is CC(C)C[C@@H](C(=O)O[C@@H]1CCOC1=O)N1C(=O)c2ccccc2C1=O. The highest BCUT2D eigenvalue weighted by atomic mass is 16.6. The highest BCUT2D eigenvalue weighted by Crippen LogP contribution is 2.28. The summed E-state index contributed by atoms with van der Waals surface area (Å²) in [5.74, 6) is -2.35. The van der Waals surface area contributed by atoms with Gasteiger partial charge in [-0.1, -0.05) is 26.0 Å². The molecule has 7 heteroatoms. The minimum atomic E-state index is -1.07. The molecular weight excluding hydrogens is 326 g/mol. The highest BCUT2D eigenvalue weighted by Gasteiger charge is 2.44. The lowest BCUT2D eigenvalue weighted by atomic mass is 10.0. The lowest BCUT2D eigenvalue weighted by Crippen LogP contribution is -2.47. The number of amides is 2. The van der Waals surface area contributed by atoms with Crippen molar-refractivity contribution in [3.8, 4) is 0 Å². The average Bonchev–Trinajstić information content (AvgIpc) is 3.08. The van der Waals surface area contributed by atoms with Gasteiger partial charge in [0.2, 0.25) is 6.10 Å². The summed E-state index contributed by atoms with van der Waals surface area (Å²) in [5.41, 5.74) is 0.545. The van der Waals surface area contributed by atoms with Crippen molar-refractivity contribution in [1.82, 2.24) is 4.90 Å². The summed E-state index contributed by atoms with van der Waals surface area (Å²) in [7, 11) is 0. The monoisotopic (exact) mass is 345 g/mol. The van der Waals surface area contributed by atoms with Crippen LogP contribution in [0.15, 0.2) is 24.3 Å². The quantitative estimate of drug-likeness (QED) is 0.594. The first-order valence-electron chi connectivity index (χ1n) is 8.24. The van der Waals surface area contributed by atoms with Gasteiger partial charge >= 0.3 is 11.9 Å². The van der Waals surface area contributed by atoms with Crippen LogP contribution in [-0.4, -0.2) is 47.4 Å². The van der Waals surface area contributed by atoms with Crippen LogP contribution in [0.5, 0.6) is 0 Å². The van der Waals surface area contributed by atoms with Gasteiger partial charge < -0.3 is 9.47 Å². The molecule has 0 radical (unpaired) electrons. The third-order valence-corrected chi connectivity index (χ3v) is 4.25. The molecule has 0 spiro atoms. The molecule has 2 aliphatic rings. The number of ether oxygens (including phenoxy) is 2. The topological polar surface area (TPSA) is 90.0 Å². The van der Waals surface area contributed by atoms with Gasteiger partial charge in [-0.15, -0.1) is 0 Å². The van der Waals surface area contributed by atoms with Crippen LogP contribution in [-0.2, 0) is 19.1 Å². The Morgan fingerprint density at radius 1 is 1.20 bits per heavy atom. The first kappa shape index (κ1) is 17.1. The van der Waals surface area contributed by atoms with Gasteiger partial charge in [-0.25, -0.2) is 9.59 Å². The van der Waals surface area contributed by atoms with Crippen molar-refractivity contribution in [3.63, 3.8) is 0 Å². The van der Waals surface area contributed by atoms with E-state index in [1.54, 1.807) is 24.3 Å². The van der Waals surface area contributed by atoms with Gasteiger partial charge in [0.25, 0.3) is 11.8 Å². The molecular formula is C18H19NO6. The first-order valence-corrected chi connectivity index (χ1v) is 8.24. The molecule has 0 saturated carbocycles. The summed E-state index contributed by atoms with van der Waals surface area (Å²) in [4.78, 5) is 50.4. The summed E-state index contributed by atoms with van der Waals surface area (Å²) in [6.45, 7) is 3.95. The second-order valence-electron chi connectivity index (χ2n) is 6.55. The average molecular weight is 345 g/mol. The number of esters is 2. The fraction of sp³-hybridized carbons (Fsp3) is 0.444. The number of fused-ring (bicyclic) bond motifs is 1. The maximum absolute atomic E-state index is 12.6. The number of carbonyl (C=O) groups excluding carboxylic acids is 4. The molecule has 0 aromatic heterocycles. The fourth-order valence-corrected chi connectivity index (χ4v) is 3.05. The zero-order valence-electron chi connectivity index (χ0n) is 14.1. The van der Waals surface area contributed by atoms with Crippen LogP contribution in [0.3, 0.4) is 0 Å². The predicted octanol–water partition coefficient (Wildman–Crippen LogP) is 1.56. The van der Waals surface area contributed by atoms with E-state index in [0.29, 0.717) is 0 Å². The summed E-state index contributed by atoms with van der Waals surface area (Å²) in [6, 6.07) is 5.37. The van der Waals surface area contributed by atoms with Crippen molar-refractivity contribution >= 4 is 23.8 Å². The minimum absolute atomic E-state index is 0.0393. The Kier molecular flexibility index (Phi) is 4.57. The molecule has 25 heavy (non-hydrogen) atoms. The first-order chi connectivity index (χ1) is 11.9. The van der Waals surface area contributed by atoms with Gasteiger partial charge in [-0.05, 0) is 24.5 Å². The molecule has 2 amide bonds. The molecule has 1 saturated heterocycles. The minimum Gasteiger partial charge on any atom is -0.463 e. The highest BCUT2D eigenvalue weighted by molar-refractivity contribution is 6.22. The molecule has 0 unspecified atom stereocenters. The van der Waals surface area contributed by atoms with Crippen LogP contribution in [0, 0.1) is 5.92 Å². The Balaban J connectivity index is 1.86. The molecule has 3 rings (SSSR count). The standard InChI is InChI=1S/C18H19NO6/c1-10(2)9-13(17(22)25-14-7-8-24-18(14)23)19-15(20)11-5-3-4-6-12(11)16(19)21/h3-6,10,13-14H,7-9H2,1-2H3/t13-,14+/m0/s1. The largest absolute Gasteiger partial charge is 0.463 e. The molecule has 1 aromatic carbocycles. The van der Waals surface area contributed by atoms with Gasteiger partial charge in [-0.2, -0.15) is 0 Å². The van der Waals surface area contributed by atoms with E-state index in [2.05, 4.69) is 0 Å². The lowest BCUT2D eigenvalue weighted by molar-refractivity contribution is -0.163. The second kappa shape index (κ2) is 6.66. The number of hydrogen-bond acceptors (Lipinski definition) is 6. The summed E-state index contributed by atoms with van der Waals surface area (Å²) >= 11 is 0. The summed E-state index contributed by atoms with van der Waals surface area (Å²) in [6.07, 6.45) is -0.440. The van der Waals surface area contributed by atoms with Crippen molar-refractivity contribution in [2.45, 2.75) is 38.8 Å². The van der Waals surface area contributed by atoms with Crippen molar-refractivity contribution < 1.29 is 28.7 Å². The number of carbonyl (C=O) groups is 4. The third kappa shape index (κ3) is 3.14. The van der Waals surface area contributed by atoms with E-state index < -0.39 is 35.9 Å². The van der Waals surface area contributed by atoms with E-state index in [1.807, 2.05) is 13.8 Å². The van der Waals surface area contributed by atoms with E-state index in [9.17, 15) is 19.2 Å². The molecule has 7 nitrogen and oxygen atoms in total. The van der Waals surface area contributed by atoms with Crippen molar-refractivity contribution in [2.24, 2.45) is 5.92 Å². The Morgan fingerprint density at radius 2 is 1.80 bits per heavy atom.